The molecular weight excluding hydrogens is 290 g/mol. The summed E-state index contributed by atoms with van der Waals surface area (Å²) >= 11 is 1.71. The summed E-state index contributed by atoms with van der Waals surface area (Å²) in [6, 6.07) is 2.04. The second-order valence-corrected chi connectivity index (χ2v) is 5.82. The Labute approximate surface area is 125 Å². The monoisotopic (exact) mass is 303 g/mol. The molecule has 1 N–H and O–H groups in total. The molecule has 0 aromatic carbocycles. The van der Waals surface area contributed by atoms with Crippen LogP contribution in [0.15, 0.2) is 23.8 Å². The lowest BCUT2D eigenvalue weighted by Crippen LogP contribution is -2.38. The number of hydrogen-bond acceptors (Lipinski definition) is 5. The predicted molar refractivity (Wildman–Crippen MR) is 76.5 cm³/mol. The maximum absolute atomic E-state index is 12.5. The zero-order chi connectivity index (χ0) is 15.0. The van der Waals surface area contributed by atoms with Crippen molar-refractivity contribution in [2.45, 2.75) is 19.4 Å². The Kier molecular flexibility index (Phi) is 3.42. The summed E-state index contributed by atoms with van der Waals surface area (Å²) in [5, 5.41) is 10.8. The van der Waals surface area contributed by atoms with E-state index in [-0.39, 0.29) is 23.3 Å². The highest BCUT2D eigenvalue weighted by atomic mass is 32.1. The number of carboxylic acids is 1. The van der Waals surface area contributed by atoms with E-state index in [0.29, 0.717) is 6.54 Å². The van der Waals surface area contributed by atoms with Crippen molar-refractivity contribution in [2.75, 3.05) is 6.54 Å². The molecule has 0 saturated heterocycles. The topological polar surface area (TPSA) is 83.4 Å². The van der Waals surface area contributed by atoms with Gasteiger partial charge in [-0.15, -0.1) is 11.3 Å². The Balaban J connectivity index is 1.84. The van der Waals surface area contributed by atoms with Crippen LogP contribution in [0, 0.1) is 0 Å². The van der Waals surface area contributed by atoms with Gasteiger partial charge in [-0.1, -0.05) is 0 Å². The summed E-state index contributed by atoms with van der Waals surface area (Å²) in [4.78, 5) is 34.0. The Morgan fingerprint density at radius 2 is 2.05 bits per heavy atom. The van der Waals surface area contributed by atoms with Crippen molar-refractivity contribution in [1.82, 2.24) is 14.9 Å². The average molecular weight is 303 g/mol. The Morgan fingerprint density at radius 1 is 1.33 bits per heavy atom. The minimum absolute atomic E-state index is 0.00606. The normalized spacial score (nSPS) is 17.4. The van der Waals surface area contributed by atoms with Crippen LogP contribution in [0.4, 0.5) is 0 Å². The Morgan fingerprint density at radius 3 is 2.71 bits per heavy atom. The molecule has 0 radical (unpaired) electrons. The first-order valence-corrected chi connectivity index (χ1v) is 7.38. The minimum atomic E-state index is -1.16. The molecule has 3 rings (SSSR count). The summed E-state index contributed by atoms with van der Waals surface area (Å²) in [6.45, 7) is 2.62. The summed E-state index contributed by atoms with van der Waals surface area (Å²) in [5.41, 5.74) is 1.18. The average Bonchev–Trinajstić information content (AvgIpc) is 2.96. The van der Waals surface area contributed by atoms with E-state index in [1.165, 1.54) is 16.6 Å². The molecule has 7 heteroatoms. The van der Waals surface area contributed by atoms with Crippen LogP contribution in [0.5, 0.6) is 0 Å². The van der Waals surface area contributed by atoms with Crippen LogP contribution in [-0.2, 0) is 6.42 Å². The molecule has 1 aliphatic rings. The van der Waals surface area contributed by atoms with Gasteiger partial charge in [-0.05, 0) is 30.4 Å². The van der Waals surface area contributed by atoms with Gasteiger partial charge in [-0.25, -0.2) is 14.8 Å². The lowest BCUT2D eigenvalue weighted by atomic mass is 10.0. The van der Waals surface area contributed by atoms with Crippen LogP contribution >= 0.6 is 11.3 Å². The zero-order valence-electron chi connectivity index (χ0n) is 11.3. The van der Waals surface area contributed by atoms with E-state index in [0.717, 1.165) is 12.6 Å². The highest BCUT2D eigenvalue weighted by molar-refractivity contribution is 7.10. The molecule has 6 nitrogen and oxygen atoms in total. The highest BCUT2D eigenvalue weighted by Gasteiger charge is 2.29. The number of aromatic carboxylic acids is 1. The SMILES string of the molecule is CC1c2ccsc2CCN1C(=O)c1cnc(C(=O)O)cn1. The molecule has 0 aliphatic carbocycles. The molecule has 1 unspecified atom stereocenters. The molecule has 3 heterocycles. The van der Waals surface area contributed by atoms with E-state index in [1.807, 2.05) is 18.4 Å². The van der Waals surface area contributed by atoms with E-state index in [2.05, 4.69) is 9.97 Å². The maximum atomic E-state index is 12.5. The molecular formula is C14H13N3O3S. The number of thiophene rings is 1. The van der Waals surface area contributed by atoms with E-state index in [9.17, 15) is 9.59 Å². The van der Waals surface area contributed by atoms with Gasteiger partial charge in [-0.2, -0.15) is 0 Å². The fourth-order valence-electron chi connectivity index (χ4n) is 2.48. The van der Waals surface area contributed by atoms with Gasteiger partial charge in [0.05, 0.1) is 18.4 Å². The number of rotatable bonds is 2. The van der Waals surface area contributed by atoms with Gasteiger partial charge in [0.25, 0.3) is 5.91 Å². The summed E-state index contributed by atoms with van der Waals surface area (Å²) < 4.78 is 0. The van der Waals surface area contributed by atoms with E-state index >= 15 is 0 Å². The third-order valence-corrected chi connectivity index (χ3v) is 4.62. The number of hydrogen-bond donors (Lipinski definition) is 1. The first kappa shape index (κ1) is 13.7. The number of fused-ring (bicyclic) bond motifs is 1. The van der Waals surface area contributed by atoms with Crippen molar-refractivity contribution >= 4 is 23.2 Å². The molecule has 2 aromatic heterocycles. The largest absolute Gasteiger partial charge is 0.476 e. The summed E-state index contributed by atoms with van der Waals surface area (Å²) in [5.74, 6) is -1.38. The molecule has 0 bridgehead atoms. The molecule has 1 amide bonds. The van der Waals surface area contributed by atoms with Gasteiger partial charge in [-0.3, -0.25) is 4.79 Å². The van der Waals surface area contributed by atoms with Gasteiger partial charge in [0, 0.05) is 11.4 Å². The van der Waals surface area contributed by atoms with Crippen molar-refractivity contribution in [3.8, 4) is 0 Å². The van der Waals surface area contributed by atoms with Crippen molar-refractivity contribution in [1.29, 1.82) is 0 Å². The molecule has 21 heavy (non-hydrogen) atoms. The number of carbonyl (C=O) groups excluding carboxylic acids is 1. The molecule has 108 valence electrons. The van der Waals surface area contributed by atoms with Crippen molar-refractivity contribution in [3.63, 3.8) is 0 Å². The van der Waals surface area contributed by atoms with Gasteiger partial charge in [0.15, 0.2) is 5.69 Å². The van der Waals surface area contributed by atoms with E-state index < -0.39 is 5.97 Å². The zero-order valence-corrected chi connectivity index (χ0v) is 12.1. The third kappa shape index (κ3) is 2.40. The smallest absolute Gasteiger partial charge is 0.356 e. The van der Waals surface area contributed by atoms with Crippen molar-refractivity contribution in [2.24, 2.45) is 0 Å². The van der Waals surface area contributed by atoms with Gasteiger partial charge < -0.3 is 10.0 Å². The van der Waals surface area contributed by atoms with Gasteiger partial charge in [0.1, 0.15) is 5.69 Å². The van der Waals surface area contributed by atoms with Crippen LogP contribution in [0.1, 0.15) is 44.4 Å². The predicted octanol–water partition coefficient (Wildman–Crippen LogP) is 2.00. The molecule has 0 spiro atoms. The lowest BCUT2D eigenvalue weighted by molar-refractivity contribution is 0.0662. The fraction of sp³-hybridized carbons (Fsp3) is 0.286. The highest BCUT2D eigenvalue weighted by Crippen LogP contribution is 2.33. The van der Waals surface area contributed by atoms with Crippen LogP contribution < -0.4 is 0 Å². The number of carbonyl (C=O) groups is 2. The first-order chi connectivity index (χ1) is 10.1. The number of carboxylic acid groups (broad SMARTS) is 1. The molecule has 2 aromatic rings. The quantitative estimate of drug-likeness (QED) is 0.917. The van der Waals surface area contributed by atoms with E-state index in [1.54, 1.807) is 16.2 Å². The standard InChI is InChI=1S/C14H13N3O3S/c1-8-9-3-5-21-12(9)2-4-17(8)13(18)10-6-16-11(7-15-10)14(19)20/h3,5-8H,2,4H2,1H3,(H,19,20). The van der Waals surface area contributed by atoms with Crippen LogP contribution in [0.25, 0.3) is 0 Å². The van der Waals surface area contributed by atoms with Crippen molar-refractivity contribution < 1.29 is 14.7 Å². The summed E-state index contributed by atoms with van der Waals surface area (Å²) in [7, 11) is 0. The van der Waals surface area contributed by atoms with Gasteiger partial charge >= 0.3 is 5.97 Å². The van der Waals surface area contributed by atoms with Gasteiger partial charge in [0.2, 0.25) is 0 Å². The Bertz CT molecular complexity index is 696. The number of amides is 1. The van der Waals surface area contributed by atoms with Crippen molar-refractivity contribution in [3.05, 3.63) is 45.7 Å². The Hall–Kier alpha value is -2.28. The fourth-order valence-corrected chi connectivity index (χ4v) is 3.45. The van der Waals surface area contributed by atoms with Crippen LogP contribution in [0.2, 0.25) is 0 Å². The maximum Gasteiger partial charge on any atom is 0.356 e. The molecule has 0 fully saturated rings. The summed E-state index contributed by atoms with van der Waals surface area (Å²) in [6.07, 6.45) is 3.17. The lowest BCUT2D eigenvalue weighted by Gasteiger charge is -2.33. The minimum Gasteiger partial charge on any atom is -0.476 e. The third-order valence-electron chi connectivity index (χ3n) is 3.63. The molecule has 0 saturated carbocycles. The second-order valence-electron chi connectivity index (χ2n) is 4.82. The van der Waals surface area contributed by atoms with E-state index in [4.69, 9.17) is 5.11 Å². The number of nitrogens with zero attached hydrogens (tertiary/aromatic N) is 3. The van der Waals surface area contributed by atoms with Crippen LogP contribution in [0.3, 0.4) is 0 Å². The first-order valence-electron chi connectivity index (χ1n) is 6.50. The molecule has 1 aliphatic heterocycles. The van der Waals surface area contributed by atoms with Crippen LogP contribution in [-0.4, -0.2) is 38.4 Å². The second kappa shape index (κ2) is 5.25. The number of aromatic nitrogens is 2. The molecule has 1 atom stereocenters.